The first kappa shape index (κ1) is 29.4. The monoisotopic (exact) mass is 614 g/mol. The molecule has 13 heteroatoms. The van der Waals surface area contributed by atoms with Gasteiger partial charge in [0.25, 0.3) is 0 Å². The second-order valence-corrected chi connectivity index (χ2v) is 10.5. The van der Waals surface area contributed by atoms with Crippen molar-refractivity contribution in [1.29, 1.82) is 0 Å². The maximum absolute atomic E-state index is 13.6. The predicted molar refractivity (Wildman–Crippen MR) is 161 cm³/mol. The number of hydrogen-bond acceptors (Lipinski definition) is 7. The molecule has 1 N–H and O–H groups in total. The van der Waals surface area contributed by atoms with Gasteiger partial charge < -0.3 is 24.4 Å². The van der Waals surface area contributed by atoms with E-state index < -0.39 is 10.7 Å². The van der Waals surface area contributed by atoms with Crippen molar-refractivity contribution in [2.75, 3.05) is 44.2 Å². The Morgan fingerprint density at radius 2 is 1.95 bits per heavy atom. The van der Waals surface area contributed by atoms with Gasteiger partial charge in [-0.3, -0.25) is 10.1 Å². The molecule has 1 fully saturated rings. The van der Waals surface area contributed by atoms with Gasteiger partial charge in [-0.05, 0) is 49.2 Å². The van der Waals surface area contributed by atoms with Gasteiger partial charge in [0.1, 0.15) is 11.5 Å². The van der Waals surface area contributed by atoms with Crippen molar-refractivity contribution in [2.45, 2.75) is 19.9 Å². The van der Waals surface area contributed by atoms with Crippen molar-refractivity contribution in [3.05, 3.63) is 91.8 Å². The Balaban J connectivity index is 1.31. The third-order valence-corrected chi connectivity index (χ3v) is 7.55. The highest BCUT2D eigenvalue weighted by Crippen LogP contribution is 2.32. The molecule has 220 valence electrons. The Bertz CT molecular complexity index is 1610. The summed E-state index contributed by atoms with van der Waals surface area (Å²) in [6, 6.07) is 14.7. The number of benzene rings is 3. The molecule has 42 heavy (non-hydrogen) atoms. The Hall–Kier alpha value is -4.09. The fourth-order valence-electron chi connectivity index (χ4n) is 4.83. The molecular weight excluding hydrogens is 586 g/mol. The minimum absolute atomic E-state index is 0.0539. The third-order valence-electron chi connectivity index (χ3n) is 6.96. The van der Waals surface area contributed by atoms with E-state index >= 15 is 0 Å². The van der Waals surface area contributed by atoms with Crippen LogP contribution < -0.4 is 15.0 Å². The SMILES string of the molecule is CCOc1cc(N2CCN(C(=NCc3noc4cc(F)ccc34)NCCc3ccc(Cl)cc3Cl)CC2)ccc1[N+](=O)[O-]. The van der Waals surface area contributed by atoms with Crippen LogP contribution in [0.5, 0.6) is 5.75 Å². The zero-order valence-electron chi connectivity index (χ0n) is 22.9. The molecule has 0 spiro atoms. The van der Waals surface area contributed by atoms with Crippen LogP contribution in [0.25, 0.3) is 11.0 Å². The number of guanidine groups is 1. The topological polar surface area (TPSA) is 109 Å². The molecule has 0 bridgehead atoms. The first-order valence-electron chi connectivity index (χ1n) is 13.5. The van der Waals surface area contributed by atoms with Gasteiger partial charge in [0.2, 0.25) is 0 Å². The fraction of sp³-hybridized carbons (Fsp3) is 0.310. The lowest BCUT2D eigenvalue weighted by Gasteiger charge is -2.38. The second-order valence-electron chi connectivity index (χ2n) is 9.64. The number of halogens is 3. The van der Waals surface area contributed by atoms with Gasteiger partial charge in [0.05, 0.1) is 18.1 Å². The molecule has 4 aromatic rings. The van der Waals surface area contributed by atoms with Gasteiger partial charge in [-0.1, -0.05) is 34.4 Å². The summed E-state index contributed by atoms with van der Waals surface area (Å²) in [5, 5.41) is 20.8. The number of fused-ring (bicyclic) bond motifs is 1. The summed E-state index contributed by atoms with van der Waals surface area (Å²) in [6.45, 7) is 5.58. The van der Waals surface area contributed by atoms with E-state index in [2.05, 4.69) is 20.3 Å². The standard InChI is InChI=1S/C29H29Cl2FN6O4/c1-2-41-28-17-22(6-8-26(28)38(39)40)36-11-13-37(14-12-36)29(33-10-9-19-3-4-20(30)15-24(19)31)34-18-25-23-7-5-21(32)16-27(23)42-35-25/h3-8,15-17H,2,9-14,18H2,1H3,(H,33,34). The van der Waals surface area contributed by atoms with Crippen LogP contribution >= 0.6 is 23.2 Å². The maximum atomic E-state index is 13.6. The average Bonchev–Trinajstić information content (AvgIpc) is 3.38. The summed E-state index contributed by atoms with van der Waals surface area (Å²) in [7, 11) is 0. The van der Waals surface area contributed by atoms with Crippen LogP contribution in [0.4, 0.5) is 15.8 Å². The maximum Gasteiger partial charge on any atom is 0.311 e. The molecule has 10 nitrogen and oxygen atoms in total. The predicted octanol–water partition coefficient (Wildman–Crippen LogP) is 6.09. The second kappa shape index (κ2) is 13.3. The van der Waals surface area contributed by atoms with Crippen LogP contribution in [0.15, 0.2) is 64.1 Å². The number of aromatic nitrogens is 1. The molecule has 0 radical (unpaired) electrons. The number of nitrogens with zero attached hydrogens (tertiary/aromatic N) is 5. The first-order chi connectivity index (χ1) is 20.3. The molecule has 1 aliphatic rings. The number of aliphatic imine (C=N–C) groups is 1. The number of hydrogen-bond donors (Lipinski definition) is 1. The summed E-state index contributed by atoms with van der Waals surface area (Å²) < 4.78 is 24.4. The lowest BCUT2D eigenvalue weighted by Crippen LogP contribution is -2.53. The highest BCUT2D eigenvalue weighted by molar-refractivity contribution is 6.35. The van der Waals surface area contributed by atoms with Crippen LogP contribution in [0, 0.1) is 15.9 Å². The van der Waals surface area contributed by atoms with Crippen molar-refractivity contribution < 1.29 is 18.6 Å². The van der Waals surface area contributed by atoms with E-state index in [1.165, 1.54) is 18.2 Å². The molecule has 3 aromatic carbocycles. The van der Waals surface area contributed by atoms with E-state index in [1.54, 1.807) is 31.2 Å². The number of nitro groups is 1. The summed E-state index contributed by atoms with van der Waals surface area (Å²) >= 11 is 12.4. The quantitative estimate of drug-likeness (QED) is 0.104. The Morgan fingerprint density at radius 1 is 1.14 bits per heavy atom. The van der Waals surface area contributed by atoms with Gasteiger partial charge in [0.15, 0.2) is 17.3 Å². The van der Waals surface area contributed by atoms with Gasteiger partial charge >= 0.3 is 5.69 Å². The molecule has 0 unspecified atom stereocenters. The van der Waals surface area contributed by atoms with Gasteiger partial charge in [-0.15, -0.1) is 0 Å². The Labute approximate surface area is 251 Å². The van der Waals surface area contributed by atoms with Gasteiger partial charge in [0, 0.05) is 72.0 Å². The van der Waals surface area contributed by atoms with Crippen LogP contribution in [0.1, 0.15) is 18.2 Å². The van der Waals surface area contributed by atoms with Gasteiger partial charge in [-0.2, -0.15) is 0 Å². The Morgan fingerprint density at radius 3 is 2.69 bits per heavy atom. The molecule has 5 rings (SSSR count). The average molecular weight is 615 g/mol. The number of piperazine rings is 1. The van der Waals surface area contributed by atoms with E-state index in [0.717, 1.165) is 11.3 Å². The van der Waals surface area contributed by atoms with E-state index in [-0.39, 0.29) is 18.0 Å². The smallest absolute Gasteiger partial charge is 0.311 e. The highest BCUT2D eigenvalue weighted by atomic mass is 35.5. The molecule has 1 aliphatic heterocycles. The lowest BCUT2D eigenvalue weighted by atomic mass is 10.1. The van der Waals surface area contributed by atoms with Crippen molar-refractivity contribution in [1.82, 2.24) is 15.4 Å². The van der Waals surface area contributed by atoms with Crippen molar-refractivity contribution in [3.8, 4) is 5.75 Å². The molecule has 0 aliphatic carbocycles. The highest BCUT2D eigenvalue weighted by Gasteiger charge is 2.23. The van der Waals surface area contributed by atoms with Crippen LogP contribution in [0.3, 0.4) is 0 Å². The van der Waals surface area contributed by atoms with Crippen LogP contribution in [-0.4, -0.2) is 60.3 Å². The number of ether oxygens (including phenoxy) is 1. The fourth-order valence-corrected chi connectivity index (χ4v) is 5.33. The molecular formula is C29H29Cl2FN6O4. The van der Waals surface area contributed by atoms with E-state index in [4.69, 9.17) is 37.5 Å². The summed E-state index contributed by atoms with van der Waals surface area (Å²) in [5.74, 6) is 0.555. The minimum Gasteiger partial charge on any atom is -0.487 e. The first-order valence-corrected chi connectivity index (χ1v) is 14.2. The summed E-state index contributed by atoms with van der Waals surface area (Å²) in [5.41, 5.74) is 2.74. The van der Waals surface area contributed by atoms with Gasteiger partial charge in [-0.25, -0.2) is 9.38 Å². The van der Waals surface area contributed by atoms with Crippen molar-refractivity contribution >= 4 is 51.5 Å². The number of rotatable bonds is 9. The molecule has 0 amide bonds. The number of nitro benzene ring substituents is 1. The minimum atomic E-state index is -0.438. The van der Waals surface area contributed by atoms with Crippen LogP contribution in [0.2, 0.25) is 10.0 Å². The van der Waals surface area contributed by atoms with Crippen molar-refractivity contribution in [3.63, 3.8) is 0 Å². The molecule has 2 heterocycles. The summed E-state index contributed by atoms with van der Waals surface area (Å²) in [6.07, 6.45) is 0.657. The lowest BCUT2D eigenvalue weighted by molar-refractivity contribution is -0.385. The number of anilines is 1. The van der Waals surface area contributed by atoms with E-state index in [0.29, 0.717) is 78.4 Å². The molecule has 0 atom stereocenters. The molecule has 1 aromatic heterocycles. The van der Waals surface area contributed by atoms with Crippen molar-refractivity contribution in [2.24, 2.45) is 4.99 Å². The molecule has 0 saturated carbocycles. The normalized spacial score (nSPS) is 14.0. The summed E-state index contributed by atoms with van der Waals surface area (Å²) in [4.78, 5) is 20.1. The zero-order chi connectivity index (χ0) is 29.6. The Kier molecular flexibility index (Phi) is 9.28. The number of nitrogens with one attached hydrogen (secondary N) is 1. The van der Waals surface area contributed by atoms with E-state index in [1.807, 2.05) is 12.1 Å². The third kappa shape index (κ3) is 6.85. The van der Waals surface area contributed by atoms with E-state index in [9.17, 15) is 14.5 Å². The molecule has 1 saturated heterocycles. The van der Waals surface area contributed by atoms with Crippen LogP contribution in [-0.2, 0) is 13.0 Å². The zero-order valence-corrected chi connectivity index (χ0v) is 24.4. The largest absolute Gasteiger partial charge is 0.487 e.